The van der Waals surface area contributed by atoms with Gasteiger partial charge in [0, 0.05) is 16.3 Å². The maximum Gasteiger partial charge on any atom is 0.251 e. The fraction of sp³-hybridized carbons (Fsp3) is 0.188. The van der Waals surface area contributed by atoms with Crippen LogP contribution in [0.5, 0.6) is 0 Å². The molecular formula is C16H16BrNO3S. The third kappa shape index (κ3) is 4.18. The Labute approximate surface area is 138 Å². The second-order valence-corrected chi connectivity index (χ2v) is 7.97. The van der Waals surface area contributed by atoms with Crippen LogP contribution in [0, 0.1) is 0 Å². The molecule has 22 heavy (non-hydrogen) atoms. The third-order valence-corrected chi connectivity index (χ3v) is 4.92. The molecule has 0 aliphatic heterocycles. The predicted molar refractivity (Wildman–Crippen MR) is 89.6 cm³/mol. The smallest absolute Gasteiger partial charge is 0.251 e. The lowest BCUT2D eigenvalue weighted by Crippen LogP contribution is -2.26. The summed E-state index contributed by atoms with van der Waals surface area (Å²) in [4.78, 5) is 12.4. The number of hydrogen-bond donors (Lipinski definition) is 1. The van der Waals surface area contributed by atoms with E-state index in [0.717, 1.165) is 10.0 Å². The van der Waals surface area contributed by atoms with Crippen LogP contribution in [-0.2, 0) is 9.84 Å². The second-order valence-electron chi connectivity index (χ2n) is 5.04. The van der Waals surface area contributed by atoms with Crippen molar-refractivity contribution in [2.24, 2.45) is 0 Å². The van der Waals surface area contributed by atoms with Gasteiger partial charge in [-0.2, -0.15) is 0 Å². The lowest BCUT2D eigenvalue weighted by molar-refractivity contribution is 0.0940. The fourth-order valence-electron chi connectivity index (χ4n) is 1.97. The normalized spacial score (nSPS) is 12.7. The van der Waals surface area contributed by atoms with Crippen molar-refractivity contribution >= 4 is 31.7 Å². The standard InChI is InChI=1S/C16H16BrNO3S/c1-11(12-5-9-15(10-6-12)22(2,20)21)18-16(19)13-3-7-14(17)8-4-13/h3-11H,1-2H3,(H,18,19). The van der Waals surface area contributed by atoms with Gasteiger partial charge in [0.2, 0.25) is 0 Å². The minimum Gasteiger partial charge on any atom is -0.346 e. The van der Waals surface area contributed by atoms with Crippen molar-refractivity contribution in [1.82, 2.24) is 5.32 Å². The number of benzene rings is 2. The summed E-state index contributed by atoms with van der Waals surface area (Å²) in [6.07, 6.45) is 1.17. The van der Waals surface area contributed by atoms with Crippen LogP contribution in [0.1, 0.15) is 28.9 Å². The Kier molecular flexibility index (Phi) is 5.03. The van der Waals surface area contributed by atoms with Gasteiger partial charge >= 0.3 is 0 Å². The number of nitrogens with one attached hydrogen (secondary N) is 1. The molecule has 0 aliphatic carbocycles. The summed E-state index contributed by atoms with van der Waals surface area (Å²) in [5.74, 6) is -0.174. The summed E-state index contributed by atoms with van der Waals surface area (Å²) in [5.41, 5.74) is 1.42. The molecule has 1 atom stereocenters. The Morgan fingerprint density at radius 2 is 1.59 bits per heavy atom. The first kappa shape index (κ1) is 16.7. The van der Waals surface area contributed by atoms with Crippen LogP contribution >= 0.6 is 15.9 Å². The lowest BCUT2D eigenvalue weighted by Gasteiger charge is -2.15. The van der Waals surface area contributed by atoms with Crippen molar-refractivity contribution in [1.29, 1.82) is 0 Å². The van der Waals surface area contributed by atoms with Crippen LogP contribution in [-0.4, -0.2) is 20.6 Å². The summed E-state index contributed by atoms with van der Waals surface area (Å²) in [5, 5.41) is 2.89. The molecule has 1 N–H and O–H groups in total. The van der Waals surface area contributed by atoms with E-state index in [-0.39, 0.29) is 16.8 Å². The van der Waals surface area contributed by atoms with Gasteiger partial charge in [-0.3, -0.25) is 4.79 Å². The van der Waals surface area contributed by atoms with E-state index in [4.69, 9.17) is 0 Å². The zero-order chi connectivity index (χ0) is 16.3. The first-order valence-electron chi connectivity index (χ1n) is 6.64. The summed E-state index contributed by atoms with van der Waals surface area (Å²) >= 11 is 3.32. The fourth-order valence-corrected chi connectivity index (χ4v) is 2.86. The molecule has 6 heteroatoms. The molecule has 116 valence electrons. The van der Waals surface area contributed by atoms with Crippen molar-refractivity contribution in [3.63, 3.8) is 0 Å². The molecule has 2 rings (SSSR count). The molecule has 0 fully saturated rings. The van der Waals surface area contributed by atoms with Crippen molar-refractivity contribution in [2.75, 3.05) is 6.26 Å². The predicted octanol–water partition coefficient (Wildman–Crippen LogP) is 3.34. The zero-order valence-corrected chi connectivity index (χ0v) is 14.6. The molecule has 0 aliphatic rings. The first-order chi connectivity index (χ1) is 10.3. The number of halogens is 1. The molecule has 1 unspecified atom stereocenters. The Morgan fingerprint density at radius 1 is 1.05 bits per heavy atom. The second kappa shape index (κ2) is 6.62. The van der Waals surface area contributed by atoms with Gasteiger partial charge in [0.05, 0.1) is 10.9 Å². The number of carbonyl (C=O) groups excluding carboxylic acids is 1. The van der Waals surface area contributed by atoms with Gasteiger partial charge in [0.15, 0.2) is 9.84 Å². The van der Waals surface area contributed by atoms with Gasteiger partial charge < -0.3 is 5.32 Å². The van der Waals surface area contributed by atoms with Crippen molar-refractivity contribution in [3.8, 4) is 0 Å². The molecular weight excluding hydrogens is 366 g/mol. The lowest BCUT2D eigenvalue weighted by atomic mass is 10.1. The largest absolute Gasteiger partial charge is 0.346 e. The van der Waals surface area contributed by atoms with Crippen molar-refractivity contribution in [3.05, 3.63) is 64.1 Å². The molecule has 0 bridgehead atoms. The van der Waals surface area contributed by atoms with Crippen molar-refractivity contribution < 1.29 is 13.2 Å². The molecule has 0 radical (unpaired) electrons. The number of carbonyl (C=O) groups is 1. The highest BCUT2D eigenvalue weighted by Gasteiger charge is 2.13. The van der Waals surface area contributed by atoms with Crippen LogP contribution in [0.3, 0.4) is 0 Å². The van der Waals surface area contributed by atoms with E-state index in [1.165, 1.54) is 6.26 Å². The molecule has 0 heterocycles. The monoisotopic (exact) mass is 381 g/mol. The van der Waals surface area contributed by atoms with E-state index in [9.17, 15) is 13.2 Å². The number of amides is 1. The molecule has 2 aromatic rings. The van der Waals surface area contributed by atoms with Crippen LogP contribution in [0.15, 0.2) is 57.9 Å². The van der Waals surface area contributed by atoms with Gasteiger partial charge in [-0.25, -0.2) is 8.42 Å². The number of hydrogen-bond acceptors (Lipinski definition) is 3. The van der Waals surface area contributed by atoms with E-state index < -0.39 is 9.84 Å². The van der Waals surface area contributed by atoms with Gasteiger partial charge in [0.25, 0.3) is 5.91 Å². The Morgan fingerprint density at radius 3 is 2.09 bits per heavy atom. The number of rotatable bonds is 4. The average molecular weight is 382 g/mol. The molecule has 0 saturated carbocycles. The minimum absolute atomic E-state index is 0.174. The Balaban J connectivity index is 2.10. The van der Waals surface area contributed by atoms with Gasteiger partial charge in [-0.15, -0.1) is 0 Å². The van der Waals surface area contributed by atoms with Gasteiger partial charge in [-0.1, -0.05) is 28.1 Å². The summed E-state index contributed by atoms with van der Waals surface area (Å²) < 4.78 is 23.8. The van der Waals surface area contributed by atoms with Gasteiger partial charge in [-0.05, 0) is 48.9 Å². The maximum absolute atomic E-state index is 12.1. The highest BCUT2D eigenvalue weighted by molar-refractivity contribution is 9.10. The third-order valence-electron chi connectivity index (χ3n) is 3.26. The highest BCUT2D eigenvalue weighted by atomic mass is 79.9. The minimum atomic E-state index is -3.21. The average Bonchev–Trinajstić information content (AvgIpc) is 2.47. The summed E-state index contributed by atoms with van der Waals surface area (Å²) in [6, 6.07) is 13.4. The molecule has 4 nitrogen and oxygen atoms in total. The van der Waals surface area contributed by atoms with Crippen molar-refractivity contribution in [2.45, 2.75) is 17.9 Å². The molecule has 2 aromatic carbocycles. The molecule has 1 amide bonds. The maximum atomic E-state index is 12.1. The summed E-state index contributed by atoms with van der Waals surface area (Å²) in [7, 11) is -3.21. The van der Waals surface area contributed by atoms with Crippen LogP contribution in [0.2, 0.25) is 0 Å². The van der Waals surface area contributed by atoms with Crippen LogP contribution < -0.4 is 5.32 Å². The topological polar surface area (TPSA) is 63.2 Å². The Hall–Kier alpha value is -1.66. The molecule has 0 aromatic heterocycles. The van der Waals surface area contributed by atoms with E-state index in [0.29, 0.717) is 5.56 Å². The van der Waals surface area contributed by atoms with Crippen LogP contribution in [0.4, 0.5) is 0 Å². The van der Waals surface area contributed by atoms with E-state index in [1.807, 2.05) is 6.92 Å². The van der Waals surface area contributed by atoms with Crippen LogP contribution in [0.25, 0.3) is 0 Å². The summed E-state index contributed by atoms with van der Waals surface area (Å²) in [6.45, 7) is 1.85. The molecule has 0 saturated heterocycles. The quantitative estimate of drug-likeness (QED) is 0.882. The van der Waals surface area contributed by atoms with E-state index in [1.54, 1.807) is 48.5 Å². The highest BCUT2D eigenvalue weighted by Crippen LogP contribution is 2.17. The zero-order valence-electron chi connectivity index (χ0n) is 12.2. The molecule has 0 spiro atoms. The number of sulfone groups is 1. The SMILES string of the molecule is CC(NC(=O)c1ccc(Br)cc1)c1ccc(S(C)(=O)=O)cc1. The Bertz CT molecular complexity index is 768. The van der Waals surface area contributed by atoms with E-state index in [2.05, 4.69) is 21.2 Å². The van der Waals surface area contributed by atoms with E-state index >= 15 is 0 Å². The first-order valence-corrected chi connectivity index (χ1v) is 9.32. The van der Waals surface area contributed by atoms with Gasteiger partial charge in [0.1, 0.15) is 0 Å².